The topological polar surface area (TPSA) is 92.0 Å². The summed E-state index contributed by atoms with van der Waals surface area (Å²) >= 11 is 0. The van der Waals surface area contributed by atoms with Gasteiger partial charge in [0.1, 0.15) is 11.6 Å². The molecule has 1 saturated heterocycles. The Balaban J connectivity index is 1.09. The summed E-state index contributed by atoms with van der Waals surface area (Å²) in [5.74, 6) is 0.660. The fourth-order valence-corrected chi connectivity index (χ4v) is 7.50. The first-order valence-corrected chi connectivity index (χ1v) is 18.6. The van der Waals surface area contributed by atoms with E-state index in [9.17, 15) is 4.79 Å². The van der Waals surface area contributed by atoms with E-state index in [0.29, 0.717) is 13.1 Å². The van der Waals surface area contributed by atoms with Gasteiger partial charge in [-0.1, -0.05) is 84.9 Å². The quantitative estimate of drug-likeness (QED) is 0.103. The third kappa shape index (κ3) is 7.95. The van der Waals surface area contributed by atoms with Crippen molar-refractivity contribution in [3.8, 4) is 44.8 Å². The Morgan fingerprint density at radius 1 is 0.811 bits per heavy atom. The third-order valence-electron chi connectivity index (χ3n) is 10.2. The number of carbonyl (C=O) groups excluding carboxylic acids is 1. The van der Waals surface area contributed by atoms with Crippen LogP contribution in [-0.4, -0.2) is 61.9 Å². The number of aromatic nitrogens is 3. The molecule has 0 unspecified atom stereocenters. The first kappa shape index (κ1) is 36.2. The number of nitrogens with one attached hydrogen (secondary N) is 1. The molecule has 6 aromatic rings. The van der Waals surface area contributed by atoms with Crippen molar-refractivity contribution in [1.29, 1.82) is 0 Å². The molecule has 1 aliphatic heterocycles. The van der Waals surface area contributed by atoms with Gasteiger partial charge in [0.2, 0.25) is 0 Å². The van der Waals surface area contributed by atoms with Crippen molar-refractivity contribution in [3.63, 3.8) is 0 Å². The molecule has 7 rings (SSSR count). The Kier molecular flexibility index (Phi) is 10.6. The molecule has 0 radical (unpaired) electrons. The van der Waals surface area contributed by atoms with Crippen LogP contribution < -0.4 is 5.32 Å². The molecule has 8 heteroatoms. The van der Waals surface area contributed by atoms with Gasteiger partial charge in [0.05, 0.1) is 6.61 Å². The van der Waals surface area contributed by atoms with Crippen LogP contribution in [0.5, 0.6) is 0 Å². The zero-order valence-corrected chi connectivity index (χ0v) is 31.4. The van der Waals surface area contributed by atoms with Crippen molar-refractivity contribution < 1.29 is 14.6 Å². The molecule has 0 saturated carbocycles. The smallest absolute Gasteiger partial charge is 0.323 e. The number of fused-ring (bicyclic) bond motifs is 1. The number of rotatable bonds is 11. The Labute approximate surface area is 312 Å². The van der Waals surface area contributed by atoms with Crippen molar-refractivity contribution in [1.82, 2.24) is 24.8 Å². The molecular formula is C45H49N5O3. The standard InChI is InChI=1S/C45H49N5O3/c1-30-37(34-18-14-32(15-19-34)28-46-23-26-51)9-6-11-39(30)40-12-7-10-38(31(40)2)36-22-25-50-42(27-36)47-48-43(50)35-20-16-33(17-21-35)29-49-24-8-13-41(49)44(52)53-45(3,4)5/h6-7,9-12,14-22,25,27,41,46,51H,8,13,23-24,26,28-29H2,1-5H3/t41-/m1/s1. The summed E-state index contributed by atoms with van der Waals surface area (Å²) in [6, 6.07) is 34.2. The van der Waals surface area contributed by atoms with Gasteiger partial charge in [0, 0.05) is 31.4 Å². The lowest BCUT2D eigenvalue weighted by atomic mass is 9.88. The lowest BCUT2D eigenvalue weighted by Crippen LogP contribution is -2.40. The van der Waals surface area contributed by atoms with Crippen molar-refractivity contribution in [3.05, 3.63) is 126 Å². The number of ether oxygens (including phenoxy) is 1. The number of hydrogen-bond donors (Lipinski definition) is 2. The third-order valence-corrected chi connectivity index (χ3v) is 10.2. The summed E-state index contributed by atoms with van der Waals surface area (Å²) in [6.45, 7) is 13.2. The minimum Gasteiger partial charge on any atom is -0.459 e. The fourth-order valence-electron chi connectivity index (χ4n) is 7.50. The van der Waals surface area contributed by atoms with Crippen LogP contribution in [0.4, 0.5) is 0 Å². The molecule has 3 heterocycles. The van der Waals surface area contributed by atoms with Gasteiger partial charge in [-0.3, -0.25) is 14.1 Å². The van der Waals surface area contributed by atoms with Crippen LogP contribution in [0, 0.1) is 13.8 Å². The molecule has 0 bridgehead atoms. The molecule has 2 N–H and O–H groups in total. The number of pyridine rings is 1. The molecule has 1 atom stereocenters. The zero-order chi connectivity index (χ0) is 37.1. The Hall–Kier alpha value is -5.15. The van der Waals surface area contributed by atoms with E-state index in [-0.39, 0.29) is 18.6 Å². The van der Waals surface area contributed by atoms with E-state index in [4.69, 9.17) is 9.84 Å². The van der Waals surface area contributed by atoms with Crippen LogP contribution in [0.1, 0.15) is 55.9 Å². The van der Waals surface area contributed by atoms with Crippen molar-refractivity contribution in [2.45, 2.75) is 72.2 Å². The number of aliphatic hydroxyl groups is 1. The largest absolute Gasteiger partial charge is 0.459 e. The predicted octanol–water partition coefficient (Wildman–Crippen LogP) is 8.40. The van der Waals surface area contributed by atoms with Crippen molar-refractivity contribution in [2.75, 3.05) is 19.7 Å². The molecule has 8 nitrogen and oxygen atoms in total. The minimum absolute atomic E-state index is 0.130. The van der Waals surface area contributed by atoms with Gasteiger partial charge in [0.25, 0.3) is 0 Å². The molecule has 4 aromatic carbocycles. The number of nitrogens with zero attached hydrogens (tertiary/aromatic N) is 4. The maximum absolute atomic E-state index is 12.8. The van der Waals surface area contributed by atoms with E-state index in [0.717, 1.165) is 59.7 Å². The van der Waals surface area contributed by atoms with Crippen molar-refractivity contribution in [2.24, 2.45) is 0 Å². The van der Waals surface area contributed by atoms with Gasteiger partial charge in [0.15, 0.2) is 11.5 Å². The summed E-state index contributed by atoms with van der Waals surface area (Å²) in [6.07, 6.45) is 3.89. The summed E-state index contributed by atoms with van der Waals surface area (Å²) in [4.78, 5) is 15.1. The first-order valence-electron chi connectivity index (χ1n) is 18.6. The molecule has 1 aliphatic rings. The Morgan fingerprint density at radius 3 is 2.09 bits per heavy atom. The lowest BCUT2D eigenvalue weighted by Gasteiger charge is -2.27. The fraction of sp³-hybridized carbons (Fsp3) is 0.311. The average molecular weight is 708 g/mol. The van der Waals surface area contributed by atoms with Gasteiger partial charge in [-0.05, 0) is 122 Å². The normalized spacial score (nSPS) is 14.9. The maximum atomic E-state index is 12.8. The second-order valence-electron chi connectivity index (χ2n) is 15.1. The average Bonchev–Trinajstić information content (AvgIpc) is 3.79. The Morgan fingerprint density at radius 2 is 1.43 bits per heavy atom. The summed E-state index contributed by atoms with van der Waals surface area (Å²) < 4.78 is 7.74. The summed E-state index contributed by atoms with van der Waals surface area (Å²) in [7, 11) is 0. The summed E-state index contributed by atoms with van der Waals surface area (Å²) in [5, 5.41) is 21.5. The summed E-state index contributed by atoms with van der Waals surface area (Å²) in [5.41, 5.74) is 13.2. The van der Waals surface area contributed by atoms with E-state index in [2.05, 4.69) is 138 Å². The molecule has 0 aliphatic carbocycles. The monoisotopic (exact) mass is 707 g/mol. The highest BCUT2D eigenvalue weighted by Gasteiger charge is 2.34. The van der Waals surface area contributed by atoms with E-state index in [1.54, 1.807) is 0 Å². The molecular weight excluding hydrogens is 659 g/mol. The zero-order valence-electron chi connectivity index (χ0n) is 31.4. The van der Waals surface area contributed by atoms with Gasteiger partial charge >= 0.3 is 5.97 Å². The van der Waals surface area contributed by atoms with E-state index >= 15 is 0 Å². The van der Waals surface area contributed by atoms with Gasteiger partial charge in [-0.2, -0.15) is 0 Å². The predicted molar refractivity (Wildman–Crippen MR) is 212 cm³/mol. The highest BCUT2D eigenvalue weighted by molar-refractivity contribution is 5.84. The first-order chi connectivity index (χ1) is 25.6. The molecule has 2 aromatic heterocycles. The molecule has 53 heavy (non-hydrogen) atoms. The van der Waals surface area contributed by atoms with Crippen LogP contribution in [0.15, 0.2) is 103 Å². The maximum Gasteiger partial charge on any atom is 0.323 e. The lowest BCUT2D eigenvalue weighted by molar-refractivity contribution is -0.160. The number of carbonyl (C=O) groups is 1. The highest BCUT2D eigenvalue weighted by Crippen LogP contribution is 2.37. The number of esters is 1. The number of aliphatic hydroxyl groups excluding tert-OH is 1. The van der Waals surface area contributed by atoms with E-state index in [1.165, 1.54) is 38.9 Å². The number of likely N-dealkylation sites (tertiary alicyclic amines) is 1. The van der Waals surface area contributed by atoms with Crippen LogP contribution in [-0.2, 0) is 22.6 Å². The van der Waals surface area contributed by atoms with Gasteiger partial charge < -0.3 is 15.2 Å². The molecule has 0 amide bonds. The minimum atomic E-state index is -0.487. The molecule has 0 spiro atoms. The van der Waals surface area contributed by atoms with E-state index in [1.807, 2.05) is 25.2 Å². The van der Waals surface area contributed by atoms with Crippen LogP contribution in [0.3, 0.4) is 0 Å². The van der Waals surface area contributed by atoms with Crippen LogP contribution >= 0.6 is 0 Å². The second kappa shape index (κ2) is 15.4. The SMILES string of the molecule is Cc1c(-c2ccc(CNCCO)cc2)cccc1-c1cccc(-c2ccn3c(-c4ccc(CN5CCC[C@@H]5C(=O)OC(C)(C)C)cc4)nnc3c2)c1C. The number of hydrogen-bond acceptors (Lipinski definition) is 7. The molecule has 1 fully saturated rings. The van der Waals surface area contributed by atoms with Crippen LogP contribution in [0.25, 0.3) is 50.4 Å². The number of benzene rings is 4. The highest BCUT2D eigenvalue weighted by atomic mass is 16.6. The second-order valence-corrected chi connectivity index (χ2v) is 15.1. The molecule has 272 valence electrons. The van der Waals surface area contributed by atoms with Gasteiger partial charge in [-0.15, -0.1) is 10.2 Å². The Bertz CT molecular complexity index is 2220. The van der Waals surface area contributed by atoms with Crippen molar-refractivity contribution >= 4 is 11.6 Å². The van der Waals surface area contributed by atoms with E-state index < -0.39 is 5.60 Å². The van der Waals surface area contributed by atoms with Gasteiger partial charge in [-0.25, -0.2) is 0 Å². The van der Waals surface area contributed by atoms with Crippen LogP contribution in [0.2, 0.25) is 0 Å².